The number of aromatic nitrogens is 2. The number of methoxy groups -OCH3 is 1. The van der Waals surface area contributed by atoms with Gasteiger partial charge in [-0.1, -0.05) is 0 Å². The lowest BCUT2D eigenvalue weighted by molar-refractivity contribution is -0.124. The predicted octanol–water partition coefficient (Wildman–Crippen LogP) is 0.189. The van der Waals surface area contributed by atoms with Crippen LogP contribution in [0.3, 0.4) is 0 Å². The van der Waals surface area contributed by atoms with Crippen LogP contribution in [-0.4, -0.2) is 55.0 Å². The van der Waals surface area contributed by atoms with Crippen LogP contribution < -0.4 is 14.8 Å². The zero-order valence-electron chi connectivity index (χ0n) is 14.8. The molecule has 0 aliphatic heterocycles. The number of hydrogen-bond donors (Lipinski definition) is 3. The molecule has 1 aromatic heterocycles. The van der Waals surface area contributed by atoms with E-state index in [1.807, 2.05) is 0 Å². The molecule has 0 spiro atoms. The average Bonchev–Trinajstić information content (AvgIpc) is 3.33. The summed E-state index contributed by atoms with van der Waals surface area (Å²) in [4.78, 5) is 11.3. The van der Waals surface area contributed by atoms with Crippen LogP contribution in [0.2, 0.25) is 0 Å². The molecule has 2 aromatic rings. The van der Waals surface area contributed by atoms with Gasteiger partial charge in [0.05, 0.1) is 12.8 Å². The van der Waals surface area contributed by atoms with Crippen molar-refractivity contribution in [2.75, 3.05) is 13.7 Å². The van der Waals surface area contributed by atoms with E-state index in [1.54, 1.807) is 35.3 Å². The summed E-state index contributed by atoms with van der Waals surface area (Å²) in [5.74, 6) is -0.223. The normalized spacial score (nSPS) is 19.8. The molecule has 1 heterocycles. The van der Waals surface area contributed by atoms with Crippen molar-refractivity contribution >= 4 is 15.9 Å². The molecule has 0 unspecified atom stereocenters. The predicted molar refractivity (Wildman–Crippen MR) is 97.1 cm³/mol. The molecule has 146 valence electrons. The van der Waals surface area contributed by atoms with Crippen molar-refractivity contribution in [3.05, 3.63) is 36.7 Å². The maximum atomic E-state index is 12.9. The van der Waals surface area contributed by atoms with E-state index in [0.717, 1.165) is 0 Å². The third-order valence-electron chi connectivity index (χ3n) is 4.47. The number of amides is 1. The largest absolute Gasteiger partial charge is 0.495 e. The van der Waals surface area contributed by atoms with Gasteiger partial charge in [0.2, 0.25) is 15.9 Å². The van der Waals surface area contributed by atoms with Crippen molar-refractivity contribution in [2.24, 2.45) is 0 Å². The number of aliphatic hydroxyl groups excluding tert-OH is 1. The number of ether oxygens (including phenoxy) is 1. The van der Waals surface area contributed by atoms with Crippen LogP contribution in [0.15, 0.2) is 41.6 Å². The molecule has 0 radical (unpaired) electrons. The maximum Gasteiger partial charge on any atom is 0.245 e. The minimum Gasteiger partial charge on any atom is -0.495 e. The summed E-state index contributed by atoms with van der Waals surface area (Å²) in [5, 5.41) is 15.6. The standard InChI is InChI=1S/C17H22N4O5S/c1-26-15-6-5-14(21-8-2-7-18-21)10-16(15)27(24,25)20-13-4-3-12(9-13)19-17(23)11-22/h2,5-8,10,12-13,20,22H,3-4,9,11H2,1H3,(H,19,23)/t12-,13+/m0/s1. The number of nitrogens with one attached hydrogen (secondary N) is 2. The Kier molecular flexibility index (Phi) is 5.78. The second-order valence-corrected chi connectivity index (χ2v) is 8.02. The summed E-state index contributed by atoms with van der Waals surface area (Å²) in [6.07, 6.45) is 5.03. The van der Waals surface area contributed by atoms with Gasteiger partial charge in [-0.25, -0.2) is 17.8 Å². The van der Waals surface area contributed by atoms with Crippen molar-refractivity contribution in [1.29, 1.82) is 0 Å². The monoisotopic (exact) mass is 394 g/mol. The Morgan fingerprint density at radius 3 is 2.81 bits per heavy atom. The topological polar surface area (TPSA) is 123 Å². The minimum absolute atomic E-state index is 0.0286. The lowest BCUT2D eigenvalue weighted by Gasteiger charge is -2.17. The molecule has 0 bridgehead atoms. The quantitative estimate of drug-likeness (QED) is 0.616. The minimum atomic E-state index is -3.84. The van der Waals surface area contributed by atoms with E-state index >= 15 is 0 Å². The van der Waals surface area contributed by atoms with Crippen molar-refractivity contribution < 1.29 is 23.1 Å². The van der Waals surface area contributed by atoms with Gasteiger partial charge in [-0.05, 0) is 43.5 Å². The maximum absolute atomic E-state index is 12.9. The van der Waals surface area contributed by atoms with Crippen LogP contribution >= 0.6 is 0 Å². The van der Waals surface area contributed by atoms with Gasteiger partial charge >= 0.3 is 0 Å². The molecule has 1 amide bonds. The van der Waals surface area contributed by atoms with Crippen LogP contribution in [0.4, 0.5) is 0 Å². The highest BCUT2D eigenvalue weighted by molar-refractivity contribution is 7.89. The molecule has 0 saturated heterocycles. The zero-order valence-corrected chi connectivity index (χ0v) is 15.6. The van der Waals surface area contributed by atoms with E-state index < -0.39 is 22.5 Å². The molecular formula is C17H22N4O5S. The Balaban J connectivity index is 1.78. The lowest BCUT2D eigenvalue weighted by Crippen LogP contribution is -2.38. The third kappa shape index (κ3) is 4.46. The molecule has 1 saturated carbocycles. The highest BCUT2D eigenvalue weighted by atomic mass is 32.2. The summed E-state index contributed by atoms with van der Waals surface area (Å²) >= 11 is 0. The number of carbonyl (C=O) groups is 1. The Morgan fingerprint density at radius 1 is 1.37 bits per heavy atom. The van der Waals surface area contributed by atoms with E-state index in [-0.39, 0.29) is 22.7 Å². The summed E-state index contributed by atoms with van der Waals surface area (Å²) in [6.45, 7) is -0.579. The van der Waals surface area contributed by atoms with E-state index in [9.17, 15) is 13.2 Å². The SMILES string of the molecule is COc1ccc(-n2cccn2)cc1S(=O)(=O)N[C@@H]1CC[C@H](NC(=O)CO)C1. The van der Waals surface area contributed by atoms with Crippen LogP contribution in [-0.2, 0) is 14.8 Å². The van der Waals surface area contributed by atoms with Gasteiger partial charge in [-0.2, -0.15) is 5.10 Å². The molecular weight excluding hydrogens is 372 g/mol. The van der Waals surface area contributed by atoms with Gasteiger partial charge in [0.1, 0.15) is 17.3 Å². The fraction of sp³-hybridized carbons (Fsp3) is 0.412. The lowest BCUT2D eigenvalue weighted by atomic mass is 10.2. The number of rotatable bonds is 7. The van der Waals surface area contributed by atoms with E-state index in [4.69, 9.17) is 9.84 Å². The first-order chi connectivity index (χ1) is 12.9. The molecule has 3 N–H and O–H groups in total. The summed E-state index contributed by atoms with van der Waals surface area (Å²) in [6, 6.07) is 6.10. The van der Waals surface area contributed by atoms with Crippen molar-refractivity contribution in [2.45, 2.75) is 36.2 Å². The average molecular weight is 394 g/mol. The highest BCUT2D eigenvalue weighted by Gasteiger charge is 2.31. The van der Waals surface area contributed by atoms with Gasteiger partial charge in [-0.3, -0.25) is 4.79 Å². The van der Waals surface area contributed by atoms with Crippen molar-refractivity contribution in [3.8, 4) is 11.4 Å². The van der Waals surface area contributed by atoms with Crippen molar-refractivity contribution in [3.63, 3.8) is 0 Å². The summed E-state index contributed by atoms with van der Waals surface area (Å²) < 4.78 is 35.3. The second-order valence-electron chi connectivity index (χ2n) is 6.34. The fourth-order valence-electron chi connectivity index (χ4n) is 3.22. The first-order valence-electron chi connectivity index (χ1n) is 8.53. The number of aliphatic hydroxyl groups is 1. The van der Waals surface area contributed by atoms with Gasteiger partial charge in [0.15, 0.2) is 0 Å². The van der Waals surface area contributed by atoms with E-state index in [1.165, 1.54) is 13.2 Å². The van der Waals surface area contributed by atoms with Crippen LogP contribution in [0, 0.1) is 0 Å². The molecule has 1 aliphatic rings. The van der Waals surface area contributed by atoms with Gasteiger partial charge < -0.3 is 15.2 Å². The third-order valence-corrected chi connectivity index (χ3v) is 6.01. The highest BCUT2D eigenvalue weighted by Crippen LogP contribution is 2.28. The summed E-state index contributed by atoms with van der Waals surface area (Å²) in [7, 11) is -2.42. The summed E-state index contributed by atoms with van der Waals surface area (Å²) in [5.41, 5.74) is 0.598. The molecule has 1 fully saturated rings. The molecule has 1 aliphatic carbocycles. The number of sulfonamides is 1. The molecule has 3 rings (SSSR count). The number of carbonyl (C=O) groups excluding carboxylic acids is 1. The number of hydrogen-bond acceptors (Lipinski definition) is 6. The fourth-order valence-corrected chi connectivity index (χ4v) is 4.69. The smallest absolute Gasteiger partial charge is 0.245 e. The molecule has 1 aromatic carbocycles. The Hall–Kier alpha value is -2.43. The molecule has 27 heavy (non-hydrogen) atoms. The van der Waals surface area contributed by atoms with E-state index in [2.05, 4.69) is 15.1 Å². The second kappa shape index (κ2) is 8.07. The van der Waals surface area contributed by atoms with Crippen LogP contribution in [0.5, 0.6) is 5.75 Å². The van der Waals surface area contributed by atoms with Crippen LogP contribution in [0.1, 0.15) is 19.3 Å². The first-order valence-corrected chi connectivity index (χ1v) is 10.0. The number of benzene rings is 1. The van der Waals surface area contributed by atoms with Gasteiger partial charge in [0, 0.05) is 24.5 Å². The van der Waals surface area contributed by atoms with Gasteiger partial charge in [0.25, 0.3) is 0 Å². The van der Waals surface area contributed by atoms with Gasteiger partial charge in [-0.15, -0.1) is 0 Å². The first kappa shape index (κ1) is 19.3. The Morgan fingerprint density at radius 2 is 2.15 bits per heavy atom. The van der Waals surface area contributed by atoms with Crippen LogP contribution in [0.25, 0.3) is 5.69 Å². The van der Waals surface area contributed by atoms with Crippen molar-refractivity contribution in [1.82, 2.24) is 19.8 Å². The zero-order chi connectivity index (χ0) is 19.4. The molecule has 2 atom stereocenters. The number of nitrogens with zero attached hydrogens (tertiary/aromatic N) is 2. The Bertz CT molecular complexity index is 898. The van der Waals surface area contributed by atoms with E-state index in [0.29, 0.717) is 24.9 Å². The Labute approximate surface area is 157 Å². The molecule has 10 heteroatoms. The molecule has 9 nitrogen and oxygen atoms in total.